The van der Waals surface area contributed by atoms with Crippen LogP contribution in [0.4, 0.5) is 0 Å². The predicted molar refractivity (Wildman–Crippen MR) is 140 cm³/mol. The second-order valence-corrected chi connectivity index (χ2v) is 11.2. The molecule has 2 N–H and O–H groups in total. The van der Waals surface area contributed by atoms with Crippen molar-refractivity contribution in [2.45, 2.75) is 30.3 Å². The topological polar surface area (TPSA) is 93.1 Å². The highest BCUT2D eigenvalue weighted by Gasteiger charge is 2.53. The lowest BCUT2D eigenvalue weighted by Gasteiger charge is -2.24. The van der Waals surface area contributed by atoms with Crippen LogP contribution in [0.5, 0.6) is 17.2 Å². The molecule has 3 atom stereocenters. The highest BCUT2D eigenvalue weighted by molar-refractivity contribution is 7.87. The maximum Gasteiger partial charge on any atom is 0.315 e. The first kappa shape index (κ1) is 24.1. The van der Waals surface area contributed by atoms with E-state index in [9.17, 15) is 18.6 Å². The number of phenolic OH excluding ortho intramolecular Hbond substituents is 2. The summed E-state index contributed by atoms with van der Waals surface area (Å²) in [7, 11) is -4.02. The monoisotopic (exact) mass is 513 g/mol. The summed E-state index contributed by atoms with van der Waals surface area (Å²) in [6.07, 6.45) is 7.95. The molecule has 0 amide bonds. The number of phenols is 2. The molecule has 37 heavy (non-hydrogen) atoms. The quantitative estimate of drug-likeness (QED) is 0.437. The molecule has 0 spiro atoms. The third-order valence-electron chi connectivity index (χ3n) is 6.99. The maximum absolute atomic E-state index is 13.5. The van der Waals surface area contributed by atoms with Crippen molar-refractivity contribution in [2.24, 2.45) is 0 Å². The van der Waals surface area contributed by atoms with Gasteiger partial charge >= 0.3 is 10.1 Å². The highest BCUT2D eigenvalue weighted by atomic mass is 32.2. The Bertz CT molecular complexity index is 1400. The Morgan fingerprint density at radius 1 is 0.784 bits per heavy atom. The van der Waals surface area contributed by atoms with Crippen molar-refractivity contribution in [3.05, 3.63) is 121 Å². The molecule has 3 aromatic carbocycles. The van der Waals surface area contributed by atoms with Crippen LogP contribution in [0.1, 0.15) is 23.1 Å². The summed E-state index contributed by atoms with van der Waals surface area (Å²) in [5.41, 5.74) is 4.33. The summed E-state index contributed by atoms with van der Waals surface area (Å²) in [6, 6.07) is 20.6. The number of fused-ring (bicyclic) bond motifs is 2. The van der Waals surface area contributed by atoms with E-state index in [0.717, 1.165) is 34.3 Å². The zero-order chi connectivity index (χ0) is 25.6. The molecule has 6 nitrogen and oxygen atoms in total. The van der Waals surface area contributed by atoms with Crippen LogP contribution in [0.25, 0.3) is 11.1 Å². The molecule has 2 aliphatic heterocycles. The minimum atomic E-state index is -4.02. The van der Waals surface area contributed by atoms with E-state index in [1.54, 1.807) is 60.7 Å². The number of aromatic hydroxyl groups is 2. The molecule has 2 heterocycles. The predicted octanol–water partition coefficient (Wildman–Crippen LogP) is 4.90. The van der Waals surface area contributed by atoms with Crippen LogP contribution < -0.4 is 4.18 Å². The molecule has 187 valence electrons. The van der Waals surface area contributed by atoms with E-state index in [0.29, 0.717) is 0 Å². The van der Waals surface area contributed by atoms with Crippen molar-refractivity contribution in [3.8, 4) is 17.2 Å². The van der Waals surface area contributed by atoms with Crippen molar-refractivity contribution >= 4 is 21.3 Å². The zero-order valence-electron chi connectivity index (χ0n) is 19.8. The molecule has 7 heteroatoms. The summed E-state index contributed by atoms with van der Waals surface area (Å²) in [4.78, 5) is 0. The Kier molecular flexibility index (Phi) is 6.21. The van der Waals surface area contributed by atoms with Crippen molar-refractivity contribution in [1.29, 1.82) is 0 Å². The average molecular weight is 514 g/mol. The Balaban J connectivity index is 1.27. The lowest BCUT2D eigenvalue weighted by molar-refractivity contribution is 0.128. The van der Waals surface area contributed by atoms with Gasteiger partial charge in [0, 0.05) is 6.42 Å². The van der Waals surface area contributed by atoms with Gasteiger partial charge in [0.15, 0.2) is 0 Å². The smallest absolute Gasteiger partial charge is 0.315 e. The van der Waals surface area contributed by atoms with Crippen LogP contribution in [-0.2, 0) is 21.3 Å². The molecule has 2 bridgehead atoms. The minimum Gasteiger partial charge on any atom is -0.508 e. The van der Waals surface area contributed by atoms with Gasteiger partial charge in [0.1, 0.15) is 28.6 Å². The first-order valence-corrected chi connectivity index (χ1v) is 13.6. The van der Waals surface area contributed by atoms with E-state index in [1.807, 2.05) is 25.0 Å². The standard InChI is InChI=1S/C30H25O6S/c31-23-11-7-21(8-12-23)28-26-18-27(30(35-26)29(28)22-9-13-24(32)14-10-22)37(33,34)36-25-15-5-20(6-16-25)17-19-3-1-2-4-19/h1-16,26-27,30-32H,17-18H2/t26-,27+,30+/m1/s1. The fourth-order valence-corrected chi connectivity index (χ4v) is 6.68. The van der Waals surface area contributed by atoms with Gasteiger partial charge in [0.05, 0.1) is 6.10 Å². The van der Waals surface area contributed by atoms with Crippen LogP contribution in [0.3, 0.4) is 0 Å². The number of benzene rings is 3. The first-order valence-electron chi connectivity index (χ1n) is 12.1. The number of hydrogen-bond donors (Lipinski definition) is 2. The molecular weight excluding hydrogens is 488 g/mol. The van der Waals surface area contributed by atoms with Gasteiger partial charge in [-0.2, -0.15) is 8.42 Å². The fraction of sp³-hybridized carbons (Fsp3) is 0.167. The van der Waals surface area contributed by atoms with Crippen LogP contribution in [0.2, 0.25) is 0 Å². The Morgan fingerprint density at radius 2 is 1.35 bits per heavy atom. The Morgan fingerprint density at radius 3 is 1.95 bits per heavy atom. The van der Waals surface area contributed by atoms with E-state index in [2.05, 4.69) is 12.8 Å². The number of ether oxygens (including phenoxy) is 1. The van der Waals surface area contributed by atoms with E-state index >= 15 is 0 Å². The molecular formula is C30H25O6S. The van der Waals surface area contributed by atoms with E-state index < -0.39 is 27.6 Å². The lowest BCUT2D eigenvalue weighted by atomic mass is 9.83. The fourth-order valence-electron chi connectivity index (χ4n) is 5.26. The molecule has 6 rings (SSSR count). The van der Waals surface area contributed by atoms with E-state index in [1.165, 1.54) is 5.92 Å². The van der Waals surface area contributed by atoms with Crippen molar-refractivity contribution in [1.82, 2.24) is 0 Å². The lowest BCUT2D eigenvalue weighted by Crippen LogP contribution is -2.35. The van der Waals surface area contributed by atoms with Crippen LogP contribution >= 0.6 is 0 Å². The summed E-state index contributed by atoms with van der Waals surface area (Å²) in [6.45, 7) is 0. The van der Waals surface area contributed by atoms with Crippen molar-refractivity contribution < 1.29 is 27.6 Å². The summed E-state index contributed by atoms with van der Waals surface area (Å²) < 4.78 is 38.7. The SMILES string of the molecule is O=S(=O)(Oc1ccc(C[C]2[CH][CH][CH][CH]2)cc1)[C@H]1C[C@H]2O[C@@H]1C(c1ccc(O)cc1)=C2c1ccc(O)cc1. The largest absolute Gasteiger partial charge is 0.508 e. The highest BCUT2D eigenvalue weighted by Crippen LogP contribution is 2.51. The molecule has 2 fully saturated rings. The molecule has 3 aromatic rings. The van der Waals surface area contributed by atoms with Gasteiger partial charge in [-0.05, 0) is 102 Å². The minimum absolute atomic E-state index is 0.119. The van der Waals surface area contributed by atoms with Gasteiger partial charge in [-0.15, -0.1) is 0 Å². The maximum atomic E-state index is 13.5. The summed E-state index contributed by atoms with van der Waals surface area (Å²) >= 11 is 0. The summed E-state index contributed by atoms with van der Waals surface area (Å²) in [5.74, 6) is 1.73. The normalized spacial score (nSPS) is 23.6. The molecule has 3 aliphatic rings. The summed E-state index contributed by atoms with van der Waals surface area (Å²) in [5, 5.41) is 18.7. The molecule has 0 unspecified atom stereocenters. The van der Waals surface area contributed by atoms with Crippen molar-refractivity contribution in [2.75, 3.05) is 0 Å². The van der Waals surface area contributed by atoms with Gasteiger partial charge in [0.2, 0.25) is 0 Å². The Hall–Kier alpha value is -3.29. The second kappa shape index (κ2) is 9.54. The van der Waals surface area contributed by atoms with E-state index in [4.69, 9.17) is 8.92 Å². The number of rotatable bonds is 7. The Labute approximate surface area is 217 Å². The van der Waals surface area contributed by atoms with Gasteiger partial charge in [-0.25, -0.2) is 0 Å². The van der Waals surface area contributed by atoms with Gasteiger partial charge in [-0.1, -0.05) is 36.4 Å². The van der Waals surface area contributed by atoms with E-state index in [-0.39, 0.29) is 23.7 Å². The average Bonchev–Trinajstić information content (AvgIpc) is 3.63. The molecule has 5 radical (unpaired) electrons. The first-order chi connectivity index (χ1) is 17.9. The van der Waals surface area contributed by atoms with Gasteiger partial charge in [0.25, 0.3) is 0 Å². The molecule has 1 saturated heterocycles. The third kappa shape index (κ3) is 4.74. The van der Waals surface area contributed by atoms with Crippen LogP contribution in [0, 0.1) is 31.6 Å². The van der Waals surface area contributed by atoms with Crippen LogP contribution in [0.15, 0.2) is 72.8 Å². The molecule has 1 saturated carbocycles. The second-order valence-electron chi connectivity index (χ2n) is 9.43. The molecule has 0 aromatic heterocycles. The van der Waals surface area contributed by atoms with Gasteiger partial charge < -0.3 is 19.1 Å². The third-order valence-corrected chi connectivity index (χ3v) is 8.60. The van der Waals surface area contributed by atoms with Crippen LogP contribution in [-0.4, -0.2) is 36.1 Å². The van der Waals surface area contributed by atoms with Gasteiger partial charge in [-0.3, -0.25) is 0 Å². The van der Waals surface area contributed by atoms with Crippen molar-refractivity contribution in [3.63, 3.8) is 0 Å². The zero-order valence-corrected chi connectivity index (χ0v) is 20.6. The molecule has 1 aliphatic carbocycles. The number of hydrogen-bond acceptors (Lipinski definition) is 6.